The van der Waals surface area contributed by atoms with Crippen molar-refractivity contribution in [2.24, 2.45) is 0 Å². The van der Waals surface area contributed by atoms with Crippen molar-refractivity contribution < 1.29 is 35.2 Å². The Morgan fingerprint density at radius 2 is 1.82 bits per heavy atom. The number of fused-ring (bicyclic) bond motifs is 1. The van der Waals surface area contributed by atoms with Crippen LogP contribution in [0.3, 0.4) is 0 Å². The van der Waals surface area contributed by atoms with Gasteiger partial charge in [-0.15, -0.1) is 11.8 Å². The molecule has 3 rings (SSSR count). The zero-order valence-electron chi connectivity index (χ0n) is 15.2. The second-order valence-electron chi connectivity index (χ2n) is 6.27. The van der Waals surface area contributed by atoms with Crippen LogP contribution in [0.15, 0.2) is 36.4 Å². The molecule has 1 fully saturated rings. The van der Waals surface area contributed by atoms with Crippen molar-refractivity contribution in [1.29, 1.82) is 0 Å². The van der Waals surface area contributed by atoms with Gasteiger partial charge in [0.15, 0.2) is 11.2 Å². The Balaban J connectivity index is 2.14. The van der Waals surface area contributed by atoms with E-state index in [1.807, 2.05) is 0 Å². The predicted molar refractivity (Wildman–Crippen MR) is 100 cm³/mol. The van der Waals surface area contributed by atoms with Crippen molar-refractivity contribution in [3.8, 4) is 5.75 Å². The van der Waals surface area contributed by atoms with Gasteiger partial charge in [-0.1, -0.05) is 30.3 Å². The summed E-state index contributed by atoms with van der Waals surface area (Å²) in [6.07, 6.45) is 0.141. The number of thioether (sulfide) groups is 1. The molecule has 154 valence electrons. The first-order valence-corrected chi connectivity index (χ1v) is 10.9. The quantitative estimate of drug-likeness (QED) is 0.370. The molecular weight excluding hydrogens is 417 g/mol. The van der Waals surface area contributed by atoms with Gasteiger partial charge in [-0.3, -0.25) is 0 Å². The van der Waals surface area contributed by atoms with Crippen molar-refractivity contribution in [3.05, 3.63) is 42.0 Å². The largest absolute Gasteiger partial charge is 0.523 e. The lowest BCUT2D eigenvalue weighted by molar-refractivity contribution is -0.0593. The third-order valence-corrected chi connectivity index (χ3v) is 7.08. The number of methoxy groups -OCH3 is 1. The molecule has 0 saturated carbocycles. The molecule has 0 radical (unpaired) electrons. The summed E-state index contributed by atoms with van der Waals surface area (Å²) >= 11 is 1.06. The molecule has 1 aliphatic rings. The highest BCUT2D eigenvalue weighted by Crippen LogP contribution is 2.52. The van der Waals surface area contributed by atoms with Crippen LogP contribution < -0.4 is 4.74 Å². The summed E-state index contributed by atoms with van der Waals surface area (Å²) in [5.41, 5.74) is -5.12. The third kappa shape index (κ3) is 3.96. The Morgan fingerprint density at radius 1 is 1.14 bits per heavy atom. The highest BCUT2D eigenvalue weighted by molar-refractivity contribution is 8.01. The van der Waals surface area contributed by atoms with Gasteiger partial charge in [-0.05, 0) is 37.0 Å². The second-order valence-corrected chi connectivity index (χ2v) is 9.16. The van der Waals surface area contributed by atoms with E-state index < -0.39 is 26.8 Å². The molecule has 0 spiro atoms. The Kier molecular flexibility index (Phi) is 5.86. The van der Waals surface area contributed by atoms with E-state index in [-0.39, 0.29) is 6.42 Å². The van der Waals surface area contributed by atoms with Gasteiger partial charge in [0.1, 0.15) is 5.75 Å². The van der Waals surface area contributed by atoms with Crippen LogP contribution in [0.4, 0.5) is 13.2 Å². The molecule has 0 aromatic heterocycles. The van der Waals surface area contributed by atoms with E-state index in [0.29, 0.717) is 34.3 Å². The Hall–Kier alpha value is -1.49. The maximum atomic E-state index is 13.0. The van der Waals surface area contributed by atoms with Gasteiger partial charge in [0, 0.05) is 18.1 Å². The van der Waals surface area contributed by atoms with Crippen LogP contribution in [0.25, 0.3) is 10.8 Å². The number of benzene rings is 2. The van der Waals surface area contributed by atoms with Gasteiger partial charge in [0.25, 0.3) is 0 Å². The molecule has 10 heteroatoms. The fraction of sp³-hybridized carbons (Fsp3) is 0.444. The Labute approximate surface area is 165 Å². The van der Waals surface area contributed by atoms with Gasteiger partial charge < -0.3 is 9.47 Å². The molecule has 1 saturated heterocycles. The summed E-state index contributed by atoms with van der Waals surface area (Å²) in [7, 11) is -4.27. The zero-order valence-corrected chi connectivity index (χ0v) is 16.8. The summed E-state index contributed by atoms with van der Waals surface area (Å²) in [6, 6.07) is 10.1. The molecule has 2 aromatic carbocycles. The van der Waals surface area contributed by atoms with Gasteiger partial charge >= 0.3 is 15.6 Å². The first-order chi connectivity index (χ1) is 13.1. The average Bonchev–Trinajstić information content (AvgIpc) is 3.09. The van der Waals surface area contributed by atoms with E-state index >= 15 is 0 Å². The van der Waals surface area contributed by atoms with Crippen LogP contribution in [-0.4, -0.2) is 33.1 Å². The number of halogens is 3. The van der Waals surface area contributed by atoms with Gasteiger partial charge in [0.2, 0.25) is 0 Å². The molecule has 2 unspecified atom stereocenters. The number of hydrogen-bond acceptors (Lipinski definition) is 6. The maximum absolute atomic E-state index is 13.0. The molecular formula is C18H19F3O5S2. The van der Waals surface area contributed by atoms with Gasteiger partial charge in [-0.2, -0.15) is 21.6 Å². The van der Waals surface area contributed by atoms with E-state index in [1.54, 1.807) is 43.3 Å². The van der Waals surface area contributed by atoms with E-state index in [0.717, 1.165) is 11.8 Å². The number of rotatable bonds is 6. The second kappa shape index (κ2) is 7.74. The minimum atomic E-state index is -5.76. The van der Waals surface area contributed by atoms with E-state index in [1.165, 1.54) is 7.11 Å². The molecule has 2 aromatic rings. The van der Waals surface area contributed by atoms with Crippen molar-refractivity contribution in [1.82, 2.24) is 0 Å². The monoisotopic (exact) mass is 436 g/mol. The zero-order chi connectivity index (χ0) is 20.6. The van der Waals surface area contributed by atoms with Crippen molar-refractivity contribution in [2.45, 2.75) is 36.5 Å². The molecule has 0 N–H and O–H groups in total. The minimum absolute atomic E-state index is 0.144. The molecule has 1 aliphatic heterocycles. The van der Waals surface area contributed by atoms with Gasteiger partial charge in [-0.25, -0.2) is 4.18 Å². The molecule has 28 heavy (non-hydrogen) atoms. The molecule has 1 heterocycles. The number of hydrogen-bond donors (Lipinski definition) is 0. The van der Waals surface area contributed by atoms with Crippen LogP contribution in [0.2, 0.25) is 0 Å². The van der Waals surface area contributed by atoms with Crippen LogP contribution in [0, 0.1) is 0 Å². The lowest BCUT2D eigenvalue weighted by Crippen LogP contribution is -2.34. The van der Waals surface area contributed by atoms with Gasteiger partial charge in [0.05, 0.1) is 0 Å². The highest BCUT2D eigenvalue weighted by Gasteiger charge is 2.54. The standard InChI is InChI=1S/C18H19F3O5S2/c1-12(24-2)25-16-9-8-15(13-6-3-4-7-14(13)16)17(10-5-11-27-17)26-28(22,23)18(19,20)21/h3-4,6-9,12H,5,10-11H2,1-2H3. The van der Waals surface area contributed by atoms with Crippen molar-refractivity contribution >= 4 is 32.7 Å². The normalized spacial score (nSPS) is 21.8. The summed E-state index contributed by atoms with van der Waals surface area (Å²) in [5, 5.41) is 1.19. The average molecular weight is 436 g/mol. The first kappa shape index (κ1) is 21.2. The van der Waals surface area contributed by atoms with E-state index in [2.05, 4.69) is 0 Å². The number of alkyl halides is 3. The lowest BCUT2D eigenvalue weighted by Gasteiger charge is -2.30. The predicted octanol–water partition coefficient (Wildman–Crippen LogP) is 4.76. The van der Waals surface area contributed by atoms with Crippen LogP contribution >= 0.6 is 11.8 Å². The molecule has 0 amide bonds. The van der Waals surface area contributed by atoms with Crippen LogP contribution in [0.1, 0.15) is 25.3 Å². The van der Waals surface area contributed by atoms with Crippen LogP contribution in [-0.2, 0) is 24.0 Å². The molecule has 5 nitrogen and oxygen atoms in total. The molecule has 0 aliphatic carbocycles. The Morgan fingerprint density at radius 3 is 2.39 bits per heavy atom. The SMILES string of the molecule is COC(C)Oc1ccc(C2(OS(=O)(=O)C(F)(F)F)CCCS2)c2ccccc12. The summed E-state index contributed by atoms with van der Waals surface area (Å²) in [6.45, 7) is 1.70. The van der Waals surface area contributed by atoms with E-state index in [9.17, 15) is 21.6 Å². The highest BCUT2D eigenvalue weighted by atomic mass is 32.2. The summed E-state index contributed by atoms with van der Waals surface area (Å²) < 4.78 is 78.1. The lowest BCUT2D eigenvalue weighted by atomic mass is 9.97. The smallest absolute Gasteiger partial charge is 0.465 e. The number of ether oxygens (including phenoxy) is 2. The maximum Gasteiger partial charge on any atom is 0.523 e. The fourth-order valence-corrected chi connectivity index (χ4v) is 5.42. The minimum Gasteiger partial charge on any atom is -0.465 e. The summed E-state index contributed by atoms with van der Waals surface area (Å²) in [4.78, 5) is -1.64. The third-order valence-electron chi connectivity index (χ3n) is 4.43. The first-order valence-electron chi connectivity index (χ1n) is 8.47. The topological polar surface area (TPSA) is 61.8 Å². The van der Waals surface area contributed by atoms with Crippen molar-refractivity contribution in [3.63, 3.8) is 0 Å². The molecule has 2 atom stereocenters. The van der Waals surface area contributed by atoms with E-state index in [4.69, 9.17) is 13.7 Å². The van der Waals surface area contributed by atoms with Crippen LogP contribution in [0.5, 0.6) is 5.75 Å². The Bertz CT molecular complexity index is 953. The molecule has 0 bridgehead atoms. The van der Waals surface area contributed by atoms with Crippen molar-refractivity contribution in [2.75, 3.05) is 12.9 Å². The fourth-order valence-electron chi connectivity index (χ4n) is 3.09. The summed E-state index contributed by atoms with van der Waals surface area (Å²) in [5.74, 6) is 0.964.